The van der Waals surface area contributed by atoms with Crippen LogP contribution in [0.15, 0.2) is 77.0 Å². The molecule has 1 amide bonds. The SMILES string of the molecule is Cc1ccc(N2C(=O)/C(=C/c3cn(CCOc4ccccc4F)c4ccc(Br)cc34)NC2=S)cc1C. The molecule has 8 heteroatoms. The predicted octanol–water partition coefficient (Wildman–Crippen LogP) is 6.50. The van der Waals surface area contributed by atoms with Crippen molar-refractivity contribution in [1.29, 1.82) is 0 Å². The molecule has 0 bridgehead atoms. The molecule has 0 aliphatic carbocycles. The number of nitrogens with one attached hydrogen (secondary N) is 1. The number of hydrogen-bond donors (Lipinski definition) is 1. The maximum Gasteiger partial charge on any atom is 0.281 e. The summed E-state index contributed by atoms with van der Waals surface area (Å²) in [6.45, 7) is 4.83. The van der Waals surface area contributed by atoms with Gasteiger partial charge >= 0.3 is 0 Å². The topological polar surface area (TPSA) is 46.5 Å². The first-order valence-corrected chi connectivity index (χ1v) is 12.6. The molecule has 1 aliphatic rings. The number of carbonyl (C=O) groups is 1. The highest BCUT2D eigenvalue weighted by Gasteiger charge is 2.32. The molecule has 0 spiro atoms. The van der Waals surface area contributed by atoms with E-state index in [0.29, 0.717) is 24.0 Å². The molecule has 0 atom stereocenters. The number of amides is 1. The van der Waals surface area contributed by atoms with Crippen LogP contribution in [0.2, 0.25) is 0 Å². The summed E-state index contributed by atoms with van der Waals surface area (Å²) in [5.74, 6) is -0.374. The van der Waals surface area contributed by atoms with E-state index in [-0.39, 0.29) is 17.5 Å². The molecular weight excluding hydrogens is 541 g/mol. The summed E-state index contributed by atoms with van der Waals surface area (Å²) >= 11 is 9.04. The Kier molecular flexibility index (Phi) is 6.64. The number of hydrogen-bond acceptors (Lipinski definition) is 3. The van der Waals surface area contributed by atoms with Crippen molar-refractivity contribution >= 4 is 61.8 Å². The lowest BCUT2D eigenvalue weighted by Crippen LogP contribution is -2.30. The third-order valence-electron chi connectivity index (χ3n) is 6.23. The quantitative estimate of drug-likeness (QED) is 0.215. The van der Waals surface area contributed by atoms with E-state index in [4.69, 9.17) is 17.0 Å². The summed E-state index contributed by atoms with van der Waals surface area (Å²) in [5, 5.41) is 4.39. The smallest absolute Gasteiger partial charge is 0.281 e. The standard InChI is InChI=1S/C28H23BrFN3O2S/c1-17-7-9-21(13-18(17)2)33-27(34)24(31-28(33)36)14-19-16-32(25-10-8-20(29)15-22(19)25)11-12-35-26-6-4-3-5-23(26)30/h3-10,13-16H,11-12H2,1-2H3,(H,31,36)/b24-14-. The fraction of sp³-hybridized carbons (Fsp3) is 0.143. The third-order valence-corrected chi connectivity index (χ3v) is 7.00. The molecule has 36 heavy (non-hydrogen) atoms. The molecule has 4 aromatic rings. The first kappa shape index (κ1) is 24.2. The summed E-state index contributed by atoms with van der Waals surface area (Å²) in [6.07, 6.45) is 3.78. The van der Waals surface area contributed by atoms with Crippen LogP contribution in [0.3, 0.4) is 0 Å². The number of anilines is 1. The Morgan fingerprint density at radius 1 is 1.08 bits per heavy atom. The van der Waals surface area contributed by atoms with Crippen LogP contribution in [0.5, 0.6) is 5.75 Å². The molecule has 0 saturated carbocycles. The Labute approximate surface area is 222 Å². The third kappa shape index (κ3) is 4.66. The summed E-state index contributed by atoms with van der Waals surface area (Å²) in [7, 11) is 0. The van der Waals surface area contributed by atoms with Gasteiger partial charge in [0.2, 0.25) is 0 Å². The Bertz CT molecular complexity index is 1550. The van der Waals surface area contributed by atoms with Gasteiger partial charge in [0, 0.05) is 27.1 Å². The minimum atomic E-state index is -0.390. The Morgan fingerprint density at radius 2 is 1.89 bits per heavy atom. The van der Waals surface area contributed by atoms with Crippen molar-refractivity contribution in [2.24, 2.45) is 0 Å². The summed E-state index contributed by atoms with van der Waals surface area (Å²) < 4.78 is 22.5. The van der Waals surface area contributed by atoms with Crippen LogP contribution in [-0.2, 0) is 11.3 Å². The minimum absolute atomic E-state index is 0.206. The van der Waals surface area contributed by atoms with Gasteiger partial charge in [0.05, 0.1) is 12.2 Å². The van der Waals surface area contributed by atoms with Crippen molar-refractivity contribution in [2.75, 3.05) is 11.5 Å². The van der Waals surface area contributed by atoms with Crippen molar-refractivity contribution in [3.63, 3.8) is 0 Å². The van der Waals surface area contributed by atoms with E-state index in [1.165, 1.54) is 11.0 Å². The molecule has 1 fully saturated rings. The van der Waals surface area contributed by atoms with Crippen molar-refractivity contribution in [3.05, 3.63) is 99.5 Å². The van der Waals surface area contributed by atoms with Gasteiger partial charge in [-0.25, -0.2) is 4.39 Å². The average Bonchev–Trinajstić information content (AvgIpc) is 3.32. The molecule has 5 nitrogen and oxygen atoms in total. The van der Waals surface area contributed by atoms with Crippen LogP contribution in [0.25, 0.3) is 17.0 Å². The second kappa shape index (κ2) is 9.87. The highest BCUT2D eigenvalue weighted by molar-refractivity contribution is 9.10. The zero-order valence-electron chi connectivity index (χ0n) is 19.7. The second-order valence-electron chi connectivity index (χ2n) is 8.62. The fourth-order valence-electron chi connectivity index (χ4n) is 4.20. The molecule has 0 radical (unpaired) electrons. The minimum Gasteiger partial charge on any atom is -0.489 e. The van der Waals surface area contributed by atoms with Crippen molar-refractivity contribution in [1.82, 2.24) is 9.88 Å². The molecule has 0 unspecified atom stereocenters. The molecule has 182 valence electrons. The van der Waals surface area contributed by atoms with E-state index >= 15 is 0 Å². The van der Waals surface area contributed by atoms with Crippen molar-refractivity contribution in [3.8, 4) is 5.75 Å². The first-order chi connectivity index (χ1) is 17.3. The lowest BCUT2D eigenvalue weighted by atomic mass is 10.1. The van der Waals surface area contributed by atoms with Gasteiger partial charge in [0.1, 0.15) is 12.3 Å². The zero-order valence-corrected chi connectivity index (χ0v) is 22.1. The lowest BCUT2D eigenvalue weighted by Gasteiger charge is -2.15. The Balaban J connectivity index is 1.44. The predicted molar refractivity (Wildman–Crippen MR) is 149 cm³/mol. The van der Waals surface area contributed by atoms with Crippen molar-refractivity contribution < 1.29 is 13.9 Å². The molecule has 3 aromatic carbocycles. The van der Waals surface area contributed by atoms with Crippen LogP contribution < -0.4 is 15.0 Å². The van der Waals surface area contributed by atoms with E-state index < -0.39 is 0 Å². The number of aryl methyl sites for hydroxylation is 2. The molecule has 5 rings (SSSR count). The van der Waals surface area contributed by atoms with Gasteiger partial charge in [0.15, 0.2) is 16.7 Å². The maximum atomic E-state index is 13.9. The van der Waals surface area contributed by atoms with Gasteiger partial charge in [-0.05, 0) is 85.7 Å². The van der Waals surface area contributed by atoms with Gasteiger partial charge in [0.25, 0.3) is 5.91 Å². The van der Waals surface area contributed by atoms with Crippen LogP contribution in [0, 0.1) is 19.7 Å². The number of para-hydroxylation sites is 1. The molecule has 1 N–H and O–H groups in total. The van der Waals surface area contributed by atoms with E-state index in [9.17, 15) is 9.18 Å². The van der Waals surface area contributed by atoms with Crippen LogP contribution in [0.4, 0.5) is 10.1 Å². The molecule has 1 aliphatic heterocycles. The van der Waals surface area contributed by atoms with Gasteiger partial charge in [-0.3, -0.25) is 9.69 Å². The summed E-state index contributed by atoms with van der Waals surface area (Å²) in [4.78, 5) is 14.8. The second-order valence-corrected chi connectivity index (χ2v) is 9.92. The Morgan fingerprint density at radius 3 is 2.67 bits per heavy atom. The van der Waals surface area contributed by atoms with E-state index in [1.54, 1.807) is 18.2 Å². The van der Waals surface area contributed by atoms with Gasteiger partial charge in [-0.15, -0.1) is 0 Å². The summed E-state index contributed by atoms with van der Waals surface area (Å²) in [5.41, 5.74) is 5.21. The number of aromatic nitrogens is 1. The maximum absolute atomic E-state index is 13.9. The van der Waals surface area contributed by atoms with Crippen molar-refractivity contribution in [2.45, 2.75) is 20.4 Å². The Hall–Kier alpha value is -3.49. The fourth-order valence-corrected chi connectivity index (χ4v) is 4.86. The zero-order chi connectivity index (χ0) is 25.4. The van der Waals surface area contributed by atoms with E-state index in [2.05, 4.69) is 21.2 Å². The number of nitrogens with zero attached hydrogens (tertiary/aromatic N) is 2. The van der Waals surface area contributed by atoms with Crippen LogP contribution >= 0.6 is 28.1 Å². The highest BCUT2D eigenvalue weighted by Crippen LogP contribution is 2.29. The number of thiocarbonyl (C=S) groups is 1. The highest BCUT2D eigenvalue weighted by atomic mass is 79.9. The summed E-state index contributed by atoms with van der Waals surface area (Å²) in [6, 6.07) is 18.2. The van der Waals surface area contributed by atoms with Crippen LogP contribution in [-0.4, -0.2) is 22.2 Å². The van der Waals surface area contributed by atoms with E-state index in [0.717, 1.165) is 37.8 Å². The van der Waals surface area contributed by atoms with Gasteiger partial charge < -0.3 is 14.6 Å². The average molecular weight is 564 g/mol. The van der Waals surface area contributed by atoms with Gasteiger partial charge in [-0.1, -0.05) is 34.1 Å². The molecule has 2 heterocycles. The normalized spacial score (nSPS) is 14.7. The van der Waals surface area contributed by atoms with Gasteiger partial charge in [-0.2, -0.15) is 0 Å². The first-order valence-electron chi connectivity index (χ1n) is 11.4. The van der Waals surface area contributed by atoms with Crippen LogP contribution in [0.1, 0.15) is 16.7 Å². The number of carbonyl (C=O) groups excluding carboxylic acids is 1. The molecule has 1 saturated heterocycles. The number of benzene rings is 3. The number of fused-ring (bicyclic) bond motifs is 1. The largest absolute Gasteiger partial charge is 0.489 e. The number of rotatable bonds is 6. The molecular formula is C28H23BrFN3O2S. The monoisotopic (exact) mass is 563 g/mol. The van der Waals surface area contributed by atoms with E-state index in [1.807, 2.05) is 67.1 Å². The lowest BCUT2D eigenvalue weighted by molar-refractivity contribution is -0.113. The molecule has 1 aromatic heterocycles. The number of halogens is 2. The number of ether oxygens (including phenoxy) is 1.